The van der Waals surface area contributed by atoms with E-state index in [1.165, 1.54) is 27.6 Å². The van der Waals surface area contributed by atoms with Crippen LogP contribution >= 0.6 is 0 Å². The summed E-state index contributed by atoms with van der Waals surface area (Å²) in [7, 11) is 1.63. The summed E-state index contributed by atoms with van der Waals surface area (Å²) >= 11 is 0. The molecule has 0 aromatic carbocycles. The van der Waals surface area contributed by atoms with Crippen LogP contribution in [-0.2, 0) is 12.8 Å². The van der Waals surface area contributed by atoms with E-state index < -0.39 is 0 Å². The molecule has 0 aliphatic rings. The summed E-state index contributed by atoms with van der Waals surface area (Å²) in [6.07, 6.45) is 11.4. The predicted octanol–water partition coefficient (Wildman–Crippen LogP) is 4.16. The Bertz CT molecular complexity index is 1080. The van der Waals surface area contributed by atoms with Crippen LogP contribution in [0.15, 0.2) is 49.2 Å². The molecule has 0 aliphatic carbocycles. The summed E-state index contributed by atoms with van der Waals surface area (Å²) in [5.74, 6) is 0.632. The summed E-state index contributed by atoms with van der Waals surface area (Å²) in [6.45, 7) is 4.18. The maximum absolute atomic E-state index is 5.16. The predicted molar refractivity (Wildman–Crippen MR) is 106 cm³/mol. The molecule has 0 spiro atoms. The zero-order valence-corrected chi connectivity index (χ0v) is 15.8. The van der Waals surface area contributed by atoms with Gasteiger partial charge < -0.3 is 9.72 Å². The number of nitrogens with one attached hydrogen (secondary N) is 1. The van der Waals surface area contributed by atoms with Gasteiger partial charge in [0, 0.05) is 48.9 Å². The Balaban J connectivity index is 1.68. The van der Waals surface area contributed by atoms with Crippen molar-refractivity contribution < 1.29 is 4.74 Å². The van der Waals surface area contributed by atoms with Gasteiger partial charge in [-0.25, -0.2) is 9.97 Å². The molecule has 5 heteroatoms. The van der Waals surface area contributed by atoms with Gasteiger partial charge in [0.1, 0.15) is 5.65 Å². The van der Waals surface area contributed by atoms with Crippen molar-refractivity contribution >= 4 is 11.0 Å². The first-order valence-electron chi connectivity index (χ1n) is 8.98. The molecule has 0 atom stereocenters. The number of pyridine rings is 3. The molecule has 0 saturated heterocycles. The molecule has 0 unspecified atom stereocenters. The number of hydrogen-bond donors (Lipinski definition) is 1. The lowest BCUT2D eigenvalue weighted by molar-refractivity contribution is 0.397. The normalized spacial score (nSPS) is 11.1. The minimum absolute atomic E-state index is 0.632. The SMILES string of the molecule is COc1ccc(Cc2c(C)cncc2Cc2c[nH]c3ncc(C)cc23)cn1. The highest BCUT2D eigenvalue weighted by Gasteiger charge is 2.12. The van der Waals surface area contributed by atoms with Gasteiger partial charge in [0.25, 0.3) is 0 Å². The van der Waals surface area contributed by atoms with Crippen LogP contribution in [0.3, 0.4) is 0 Å². The first-order valence-corrected chi connectivity index (χ1v) is 8.98. The number of methoxy groups -OCH3 is 1. The van der Waals surface area contributed by atoms with Crippen molar-refractivity contribution in [3.8, 4) is 5.88 Å². The van der Waals surface area contributed by atoms with Gasteiger partial charge in [-0.15, -0.1) is 0 Å². The second-order valence-corrected chi connectivity index (χ2v) is 6.88. The van der Waals surface area contributed by atoms with Crippen molar-refractivity contribution in [2.75, 3.05) is 7.11 Å². The molecule has 0 bridgehead atoms. The van der Waals surface area contributed by atoms with Gasteiger partial charge in [0.2, 0.25) is 5.88 Å². The minimum atomic E-state index is 0.632. The van der Waals surface area contributed by atoms with Gasteiger partial charge in [-0.05, 0) is 59.7 Å². The van der Waals surface area contributed by atoms with Crippen molar-refractivity contribution in [1.82, 2.24) is 19.9 Å². The molecule has 0 radical (unpaired) electrons. The number of nitrogens with zero attached hydrogens (tertiary/aromatic N) is 3. The molecule has 0 fully saturated rings. The van der Waals surface area contributed by atoms with Crippen LogP contribution in [0.5, 0.6) is 5.88 Å². The minimum Gasteiger partial charge on any atom is -0.481 e. The average Bonchev–Trinajstić information content (AvgIpc) is 3.07. The topological polar surface area (TPSA) is 63.7 Å². The molecule has 136 valence electrons. The van der Waals surface area contributed by atoms with E-state index in [1.807, 2.05) is 30.9 Å². The molecule has 27 heavy (non-hydrogen) atoms. The van der Waals surface area contributed by atoms with E-state index >= 15 is 0 Å². The van der Waals surface area contributed by atoms with Crippen LogP contribution in [0.4, 0.5) is 0 Å². The first kappa shape index (κ1) is 17.2. The van der Waals surface area contributed by atoms with Gasteiger partial charge in [-0.3, -0.25) is 4.98 Å². The summed E-state index contributed by atoms with van der Waals surface area (Å²) in [5, 5.41) is 1.17. The number of fused-ring (bicyclic) bond motifs is 1. The standard InChI is InChI=1S/C22H22N4O/c1-14-6-20-18(13-26-22(20)25-9-14)8-17-12-23-10-15(2)19(17)7-16-4-5-21(27-3)24-11-16/h4-6,9-13H,7-8H2,1-3H3,(H,25,26). The fourth-order valence-electron chi connectivity index (χ4n) is 3.41. The Morgan fingerprint density at radius 2 is 1.85 bits per heavy atom. The van der Waals surface area contributed by atoms with E-state index in [4.69, 9.17) is 4.74 Å². The highest BCUT2D eigenvalue weighted by atomic mass is 16.5. The molecule has 0 amide bonds. The first-order chi connectivity index (χ1) is 13.1. The van der Waals surface area contributed by atoms with E-state index in [0.29, 0.717) is 5.88 Å². The van der Waals surface area contributed by atoms with Crippen LogP contribution < -0.4 is 4.74 Å². The number of H-pyrrole nitrogens is 1. The quantitative estimate of drug-likeness (QED) is 0.582. The van der Waals surface area contributed by atoms with E-state index in [-0.39, 0.29) is 0 Å². The van der Waals surface area contributed by atoms with Crippen molar-refractivity contribution in [2.45, 2.75) is 26.7 Å². The monoisotopic (exact) mass is 358 g/mol. The molecule has 4 aromatic heterocycles. The zero-order valence-electron chi connectivity index (χ0n) is 15.8. The van der Waals surface area contributed by atoms with E-state index in [9.17, 15) is 0 Å². The van der Waals surface area contributed by atoms with E-state index in [1.54, 1.807) is 7.11 Å². The summed E-state index contributed by atoms with van der Waals surface area (Å²) in [5.41, 5.74) is 8.20. The molecule has 4 rings (SSSR count). The summed E-state index contributed by atoms with van der Waals surface area (Å²) in [4.78, 5) is 16.5. The smallest absolute Gasteiger partial charge is 0.212 e. The molecule has 0 aliphatic heterocycles. The molecule has 0 saturated carbocycles. The summed E-state index contributed by atoms with van der Waals surface area (Å²) < 4.78 is 5.16. The Morgan fingerprint density at radius 1 is 0.963 bits per heavy atom. The van der Waals surface area contributed by atoms with Crippen LogP contribution in [0, 0.1) is 13.8 Å². The number of aromatic nitrogens is 4. The molecule has 1 N–H and O–H groups in total. The molecule has 4 aromatic rings. The van der Waals surface area contributed by atoms with Gasteiger partial charge in [-0.1, -0.05) is 6.07 Å². The number of aryl methyl sites for hydroxylation is 2. The molecular weight excluding hydrogens is 336 g/mol. The third-order valence-corrected chi connectivity index (χ3v) is 4.88. The van der Waals surface area contributed by atoms with Gasteiger partial charge in [0.05, 0.1) is 7.11 Å². The maximum atomic E-state index is 5.16. The van der Waals surface area contributed by atoms with Crippen LogP contribution in [-0.4, -0.2) is 27.0 Å². The van der Waals surface area contributed by atoms with Crippen LogP contribution in [0.1, 0.15) is 33.4 Å². The molecule has 4 heterocycles. The number of aromatic amines is 1. The van der Waals surface area contributed by atoms with Crippen molar-refractivity contribution in [2.24, 2.45) is 0 Å². The highest BCUT2D eigenvalue weighted by molar-refractivity contribution is 5.80. The van der Waals surface area contributed by atoms with Crippen molar-refractivity contribution in [1.29, 1.82) is 0 Å². The Morgan fingerprint density at radius 3 is 2.63 bits per heavy atom. The van der Waals surface area contributed by atoms with Gasteiger partial charge in [-0.2, -0.15) is 0 Å². The number of hydrogen-bond acceptors (Lipinski definition) is 4. The Labute approximate surface area is 158 Å². The van der Waals surface area contributed by atoms with E-state index in [2.05, 4.69) is 52.1 Å². The van der Waals surface area contributed by atoms with Gasteiger partial charge >= 0.3 is 0 Å². The van der Waals surface area contributed by atoms with Crippen molar-refractivity contribution in [3.05, 3.63) is 82.6 Å². The highest BCUT2D eigenvalue weighted by Crippen LogP contribution is 2.25. The Hall–Kier alpha value is -3.21. The lowest BCUT2D eigenvalue weighted by atomic mass is 9.94. The number of ether oxygens (including phenoxy) is 1. The van der Waals surface area contributed by atoms with Crippen LogP contribution in [0.2, 0.25) is 0 Å². The lowest BCUT2D eigenvalue weighted by Crippen LogP contribution is -2.02. The molecule has 5 nitrogen and oxygen atoms in total. The lowest BCUT2D eigenvalue weighted by Gasteiger charge is -2.12. The van der Waals surface area contributed by atoms with E-state index in [0.717, 1.165) is 29.6 Å². The second-order valence-electron chi connectivity index (χ2n) is 6.88. The third kappa shape index (κ3) is 3.53. The second kappa shape index (κ2) is 7.19. The van der Waals surface area contributed by atoms with Crippen LogP contribution in [0.25, 0.3) is 11.0 Å². The molecular formula is C22H22N4O. The Kier molecular flexibility index (Phi) is 4.59. The fraction of sp³-hybridized carbons (Fsp3) is 0.227. The third-order valence-electron chi connectivity index (χ3n) is 4.88. The largest absolute Gasteiger partial charge is 0.481 e. The summed E-state index contributed by atoms with van der Waals surface area (Å²) in [6, 6.07) is 6.15. The van der Waals surface area contributed by atoms with Gasteiger partial charge in [0.15, 0.2) is 0 Å². The average molecular weight is 358 g/mol. The van der Waals surface area contributed by atoms with Crippen molar-refractivity contribution in [3.63, 3.8) is 0 Å². The maximum Gasteiger partial charge on any atom is 0.212 e. The number of rotatable bonds is 5. The zero-order chi connectivity index (χ0) is 18.8. The fourth-order valence-corrected chi connectivity index (χ4v) is 3.41.